The highest BCUT2D eigenvalue weighted by atomic mass is 16.3. The van der Waals surface area contributed by atoms with E-state index >= 15 is 0 Å². The summed E-state index contributed by atoms with van der Waals surface area (Å²) in [6.07, 6.45) is 5.53. The molecule has 1 N–H and O–H groups in total. The molecule has 0 aliphatic heterocycles. The summed E-state index contributed by atoms with van der Waals surface area (Å²) in [6.45, 7) is 2.99. The average molecular weight is 252 g/mol. The quantitative estimate of drug-likeness (QED) is 0.772. The standard InChI is InChI=1S/C16H16N2O/c1-2-18-16(12-6-5-9-17-10-12)14-11-19-15-8-4-3-7-13(14)15/h3-11,16,18H,2H2,1H3. The third kappa shape index (κ3) is 2.25. The van der Waals surface area contributed by atoms with Crippen molar-refractivity contribution in [3.8, 4) is 0 Å². The summed E-state index contributed by atoms with van der Waals surface area (Å²) in [4.78, 5) is 4.21. The van der Waals surface area contributed by atoms with Crippen LogP contribution in [-0.2, 0) is 0 Å². The van der Waals surface area contributed by atoms with Crippen LogP contribution in [0, 0.1) is 0 Å². The van der Waals surface area contributed by atoms with Crippen LogP contribution < -0.4 is 5.32 Å². The van der Waals surface area contributed by atoms with Crippen molar-refractivity contribution in [3.05, 3.63) is 66.2 Å². The highest BCUT2D eigenvalue weighted by molar-refractivity contribution is 5.81. The maximum absolute atomic E-state index is 5.64. The first-order valence-corrected chi connectivity index (χ1v) is 6.49. The summed E-state index contributed by atoms with van der Waals surface area (Å²) >= 11 is 0. The fourth-order valence-electron chi connectivity index (χ4n) is 2.38. The van der Waals surface area contributed by atoms with E-state index in [1.165, 1.54) is 0 Å². The zero-order valence-electron chi connectivity index (χ0n) is 10.8. The molecule has 3 nitrogen and oxygen atoms in total. The number of nitrogens with zero attached hydrogens (tertiary/aromatic N) is 1. The van der Waals surface area contributed by atoms with Gasteiger partial charge in [-0.2, -0.15) is 0 Å². The minimum Gasteiger partial charge on any atom is -0.464 e. The molecule has 96 valence electrons. The van der Waals surface area contributed by atoms with E-state index in [1.807, 2.05) is 36.7 Å². The number of rotatable bonds is 4. The lowest BCUT2D eigenvalue weighted by atomic mass is 9.99. The van der Waals surface area contributed by atoms with E-state index in [0.717, 1.165) is 28.6 Å². The molecule has 1 atom stereocenters. The Hall–Kier alpha value is -2.13. The van der Waals surface area contributed by atoms with Gasteiger partial charge in [0.1, 0.15) is 5.58 Å². The molecule has 1 unspecified atom stereocenters. The SMILES string of the molecule is CCNC(c1cccnc1)c1coc2ccccc12. The molecule has 3 rings (SSSR count). The predicted octanol–water partition coefficient (Wildman–Crippen LogP) is 3.53. The van der Waals surface area contributed by atoms with Gasteiger partial charge in [0.05, 0.1) is 12.3 Å². The Morgan fingerprint density at radius 2 is 2.11 bits per heavy atom. The van der Waals surface area contributed by atoms with E-state index in [4.69, 9.17) is 4.42 Å². The number of hydrogen-bond donors (Lipinski definition) is 1. The maximum atomic E-state index is 5.64. The zero-order valence-corrected chi connectivity index (χ0v) is 10.8. The van der Waals surface area contributed by atoms with Gasteiger partial charge in [-0.15, -0.1) is 0 Å². The van der Waals surface area contributed by atoms with E-state index in [0.29, 0.717) is 0 Å². The van der Waals surface area contributed by atoms with Gasteiger partial charge < -0.3 is 9.73 Å². The lowest BCUT2D eigenvalue weighted by molar-refractivity contribution is 0.584. The second kappa shape index (κ2) is 5.24. The van der Waals surface area contributed by atoms with Gasteiger partial charge in [-0.3, -0.25) is 4.98 Å². The summed E-state index contributed by atoms with van der Waals surface area (Å²) in [5, 5.41) is 4.64. The molecule has 0 aliphatic carbocycles. The first kappa shape index (κ1) is 11.9. The molecule has 0 radical (unpaired) electrons. The van der Waals surface area contributed by atoms with E-state index in [9.17, 15) is 0 Å². The first-order chi connectivity index (χ1) is 9.40. The molecule has 0 amide bonds. The zero-order chi connectivity index (χ0) is 13.1. The molecule has 0 fully saturated rings. The second-order valence-electron chi connectivity index (χ2n) is 4.46. The van der Waals surface area contributed by atoms with E-state index in [1.54, 1.807) is 6.20 Å². The normalized spacial score (nSPS) is 12.7. The van der Waals surface area contributed by atoms with Crippen LogP contribution in [0.3, 0.4) is 0 Å². The van der Waals surface area contributed by atoms with Gasteiger partial charge in [0, 0.05) is 23.3 Å². The highest BCUT2D eigenvalue weighted by Crippen LogP contribution is 2.30. The van der Waals surface area contributed by atoms with Crippen molar-refractivity contribution in [1.82, 2.24) is 10.3 Å². The third-order valence-electron chi connectivity index (χ3n) is 3.25. The molecular formula is C16H16N2O. The third-order valence-corrected chi connectivity index (χ3v) is 3.25. The summed E-state index contributed by atoms with van der Waals surface area (Å²) in [5.41, 5.74) is 3.23. The van der Waals surface area contributed by atoms with Crippen molar-refractivity contribution in [3.63, 3.8) is 0 Å². The topological polar surface area (TPSA) is 38.1 Å². The summed E-state index contributed by atoms with van der Waals surface area (Å²) in [6, 6.07) is 12.3. The van der Waals surface area contributed by atoms with Crippen molar-refractivity contribution in [2.24, 2.45) is 0 Å². The van der Waals surface area contributed by atoms with Gasteiger partial charge in [0.25, 0.3) is 0 Å². The molecule has 3 heteroatoms. The summed E-state index contributed by atoms with van der Waals surface area (Å²) < 4.78 is 5.64. The van der Waals surface area contributed by atoms with Crippen LogP contribution in [0.1, 0.15) is 24.1 Å². The minimum absolute atomic E-state index is 0.113. The smallest absolute Gasteiger partial charge is 0.134 e. The van der Waals surface area contributed by atoms with Crippen LogP contribution in [0.5, 0.6) is 0 Å². The van der Waals surface area contributed by atoms with Gasteiger partial charge in [-0.05, 0) is 24.2 Å². The summed E-state index contributed by atoms with van der Waals surface area (Å²) in [7, 11) is 0. The van der Waals surface area contributed by atoms with Crippen molar-refractivity contribution < 1.29 is 4.42 Å². The molecule has 1 aromatic carbocycles. The van der Waals surface area contributed by atoms with Crippen LogP contribution in [0.4, 0.5) is 0 Å². The molecule has 19 heavy (non-hydrogen) atoms. The Labute approximate surface area is 112 Å². The van der Waals surface area contributed by atoms with Gasteiger partial charge in [0.2, 0.25) is 0 Å². The van der Waals surface area contributed by atoms with Crippen molar-refractivity contribution in [2.45, 2.75) is 13.0 Å². The predicted molar refractivity (Wildman–Crippen MR) is 76.0 cm³/mol. The van der Waals surface area contributed by atoms with Gasteiger partial charge in [0.15, 0.2) is 0 Å². The molecule has 0 spiro atoms. The number of hydrogen-bond acceptors (Lipinski definition) is 3. The molecule has 0 aliphatic rings. The number of aromatic nitrogens is 1. The Kier molecular flexibility index (Phi) is 3.29. The molecule has 2 aromatic heterocycles. The van der Waals surface area contributed by atoms with E-state index in [2.05, 4.69) is 29.4 Å². The molecule has 0 saturated carbocycles. The number of para-hydroxylation sites is 1. The number of pyridine rings is 1. The Bertz CT molecular complexity index is 661. The molecule has 0 saturated heterocycles. The Morgan fingerprint density at radius 3 is 2.89 bits per heavy atom. The van der Waals surface area contributed by atoms with Crippen LogP contribution in [0.2, 0.25) is 0 Å². The second-order valence-corrected chi connectivity index (χ2v) is 4.46. The molecule has 3 aromatic rings. The van der Waals surface area contributed by atoms with Crippen LogP contribution >= 0.6 is 0 Å². The monoisotopic (exact) mass is 252 g/mol. The van der Waals surface area contributed by atoms with Crippen molar-refractivity contribution >= 4 is 11.0 Å². The number of benzene rings is 1. The minimum atomic E-state index is 0.113. The number of nitrogens with one attached hydrogen (secondary N) is 1. The van der Waals surface area contributed by atoms with E-state index in [-0.39, 0.29) is 6.04 Å². The fourth-order valence-corrected chi connectivity index (χ4v) is 2.38. The molecular weight excluding hydrogens is 236 g/mol. The lowest BCUT2D eigenvalue weighted by Crippen LogP contribution is -2.21. The highest BCUT2D eigenvalue weighted by Gasteiger charge is 2.17. The number of furan rings is 1. The lowest BCUT2D eigenvalue weighted by Gasteiger charge is -2.16. The van der Waals surface area contributed by atoms with E-state index < -0.39 is 0 Å². The van der Waals surface area contributed by atoms with Crippen LogP contribution in [0.15, 0.2) is 59.5 Å². The Balaban J connectivity index is 2.10. The van der Waals surface area contributed by atoms with Gasteiger partial charge in [-0.1, -0.05) is 31.2 Å². The molecule has 2 heterocycles. The van der Waals surface area contributed by atoms with Crippen LogP contribution in [0.25, 0.3) is 11.0 Å². The largest absolute Gasteiger partial charge is 0.464 e. The van der Waals surface area contributed by atoms with Crippen LogP contribution in [-0.4, -0.2) is 11.5 Å². The van der Waals surface area contributed by atoms with Gasteiger partial charge >= 0.3 is 0 Å². The maximum Gasteiger partial charge on any atom is 0.134 e. The van der Waals surface area contributed by atoms with Crippen molar-refractivity contribution in [2.75, 3.05) is 6.54 Å². The summed E-state index contributed by atoms with van der Waals surface area (Å²) in [5.74, 6) is 0. The van der Waals surface area contributed by atoms with Crippen molar-refractivity contribution in [1.29, 1.82) is 0 Å². The average Bonchev–Trinajstić information content (AvgIpc) is 2.89. The first-order valence-electron chi connectivity index (χ1n) is 6.49. The number of fused-ring (bicyclic) bond motifs is 1. The Morgan fingerprint density at radius 1 is 1.21 bits per heavy atom. The van der Waals surface area contributed by atoms with Gasteiger partial charge in [-0.25, -0.2) is 0 Å². The fraction of sp³-hybridized carbons (Fsp3) is 0.188. The molecule has 0 bridgehead atoms.